The van der Waals surface area contributed by atoms with Crippen LogP contribution in [0.25, 0.3) is 0 Å². The van der Waals surface area contributed by atoms with Crippen molar-refractivity contribution in [3.8, 4) is 11.5 Å². The molecular formula is C12H15BrN2O3. The maximum absolute atomic E-state index is 11.8. The molecule has 1 aliphatic rings. The zero-order chi connectivity index (χ0) is 13.3. The molecule has 0 aromatic heterocycles. The summed E-state index contributed by atoms with van der Waals surface area (Å²) in [6.07, 6.45) is 0. The van der Waals surface area contributed by atoms with Gasteiger partial charge in [-0.3, -0.25) is 4.79 Å². The number of nitrogens with two attached hydrogens (primary N) is 1. The molecule has 0 spiro atoms. The number of halogens is 1. The van der Waals surface area contributed by atoms with Gasteiger partial charge in [0.1, 0.15) is 13.2 Å². The number of anilines is 1. The highest BCUT2D eigenvalue weighted by molar-refractivity contribution is 9.10. The van der Waals surface area contributed by atoms with Crippen LogP contribution in [0.4, 0.5) is 5.69 Å². The van der Waals surface area contributed by atoms with Crippen LogP contribution < -0.4 is 20.5 Å². The second-order valence-corrected chi connectivity index (χ2v) is 5.51. The number of amides is 1. The van der Waals surface area contributed by atoms with Crippen LogP contribution in [-0.2, 0) is 4.79 Å². The third kappa shape index (κ3) is 2.76. The van der Waals surface area contributed by atoms with Gasteiger partial charge >= 0.3 is 0 Å². The van der Waals surface area contributed by atoms with Crippen LogP contribution in [0, 0.1) is 0 Å². The number of carbonyl (C=O) groups is 1. The van der Waals surface area contributed by atoms with E-state index in [2.05, 4.69) is 21.2 Å². The van der Waals surface area contributed by atoms with E-state index >= 15 is 0 Å². The van der Waals surface area contributed by atoms with Gasteiger partial charge in [0.15, 0.2) is 11.5 Å². The Bertz CT molecular complexity index is 483. The van der Waals surface area contributed by atoms with Gasteiger partial charge in [-0.25, -0.2) is 0 Å². The molecule has 98 valence electrons. The third-order valence-electron chi connectivity index (χ3n) is 2.47. The third-order valence-corrected chi connectivity index (χ3v) is 3.12. The highest BCUT2D eigenvalue weighted by Gasteiger charge is 2.23. The molecule has 1 amide bonds. The van der Waals surface area contributed by atoms with E-state index in [1.165, 1.54) is 0 Å². The monoisotopic (exact) mass is 314 g/mol. The topological polar surface area (TPSA) is 73.6 Å². The lowest BCUT2D eigenvalue weighted by molar-refractivity contribution is -0.120. The summed E-state index contributed by atoms with van der Waals surface area (Å²) in [5, 5.41) is 2.75. The minimum atomic E-state index is -0.938. The first kappa shape index (κ1) is 13.2. The molecule has 2 rings (SSSR count). The van der Waals surface area contributed by atoms with Crippen LogP contribution >= 0.6 is 15.9 Å². The summed E-state index contributed by atoms with van der Waals surface area (Å²) < 4.78 is 11.6. The highest BCUT2D eigenvalue weighted by Crippen LogP contribution is 2.38. The summed E-state index contributed by atoms with van der Waals surface area (Å²) in [6.45, 7) is 4.33. The highest BCUT2D eigenvalue weighted by atomic mass is 79.9. The number of rotatable bonds is 2. The van der Waals surface area contributed by atoms with Crippen molar-refractivity contribution in [2.75, 3.05) is 18.5 Å². The molecule has 0 saturated carbocycles. The minimum Gasteiger partial charge on any atom is -0.486 e. The first-order chi connectivity index (χ1) is 8.38. The Morgan fingerprint density at radius 2 is 1.89 bits per heavy atom. The molecule has 1 aromatic carbocycles. The maximum atomic E-state index is 11.8. The average molecular weight is 315 g/mol. The lowest BCUT2D eigenvalue weighted by Gasteiger charge is -2.22. The van der Waals surface area contributed by atoms with E-state index < -0.39 is 5.54 Å². The van der Waals surface area contributed by atoms with E-state index in [1.807, 2.05) is 0 Å². The second kappa shape index (κ2) is 4.78. The van der Waals surface area contributed by atoms with E-state index in [1.54, 1.807) is 26.0 Å². The number of ether oxygens (including phenoxy) is 2. The number of fused-ring (bicyclic) bond motifs is 1. The van der Waals surface area contributed by atoms with Gasteiger partial charge in [-0.1, -0.05) is 0 Å². The molecule has 1 aliphatic heterocycles. The van der Waals surface area contributed by atoms with E-state index in [9.17, 15) is 4.79 Å². The SMILES string of the molecule is CC(C)(N)C(=O)Nc1cc2c(cc1Br)OCCO2. The number of carbonyl (C=O) groups excluding carboxylic acids is 1. The van der Waals surface area contributed by atoms with Crippen molar-refractivity contribution in [1.29, 1.82) is 0 Å². The quantitative estimate of drug-likeness (QED) is 0.874. The van der Waals surface area contributed by atoms with Gasteiger partial charge in [-0.2, -0.15) is 0 Å². The van der Waals surface area contributed by atoms with Gasteiger partial charge in [0.05, 0.1) is 11.2 Å². The van der Waals surface area contributed by atoms with Crippen LogP contribution in [0.1, 0.15) is 13.8 Å². The van der Waals surface area contributed by atoms with Crippen LogP contribution in [0.5, 0.6) is 11.5 Å². The first-order valence-electron chi connectivity index (χ1n) is 5.57. The molecule has 1 aromatic rings. The Hall–Kier alpha value is -1.27. The fraction of sp³-hybridized carbons (Fsp3) is 0.417. The lowest BCUT2D eigenvalue weighted by atomic mass is 10.1. The predicted octanol–water partition coefficient (Wildman–Crippen LogP) is 1.90. The zero-order valence-electron chi connectivity index (χ0n) is 10.2. The summed E-state index contributed by atoms with van der Waals surface area (Å²) >= 11 is 3.38. The Labute approximate surface area is 114 Å². The summed E-state index contributed by atoms with van der Waals surface area (Å²) in [4.78, 5) is 11.8. The zero-order valence-corrected chi connectivity index (χ0v) is 11.8. The van der Waals surface area contributed by atoms with E-state index in [-0.39, 0.29) is 5.91 Å². The summed E-state index contributed by atoms with van der Waals surface area (Å²) in [5.74, 6) is 1.02. The van der Waals surface area contributed by atoms with Crippen molar-refractivity contribution in [1.82, 2.24) is 0 Å². The molecule has 6 heteroatoms. The molecule has 0 unspecified atom stereocenters. The largest absolute Gasteiger partial charge is 0.486 e. The van der Waals surface area contributed by atoms with Gasteiger partial charge in [0.2, 0.25) is 5.91 Å². The van der Waals surface area contributed by atoms with Crippen molar-refractivity contribution in [2.45, 2.75) is 19.4 Å². The van der Waals surface area contributed by atoms with E-state index in [0.717, 1.165) is 4.47 Å². The lowest BCUT2D eigenvalue weighted by Crippen LogP contribution is -2.45. The number of hydrogen-bond donors (Lipinski definition) is 2. The molecule has 0 atom stereocenters. The van der Waals surface area contributed by atoms with Crippen molar-refractivity contribution >= 4 is 27.5 Å². The summed E-state index contributed by atoms with van der Waals surface area (Å²) in [7, 11) is 0. The number of benzene rings is 1. The van der Waals surface area contributed by atoms with Gasteiger partial charge in [0.25, 0.3) is 0 Å². The van der Waals surface area contributed by atoms with E-state index in [0.29, 0.717) is 30.4 Å². The first-order valence-corrected chi connectivity index (χ1v) is 6.37. The van der Waals surface area contributed by atoms with Crippen molar-refractivity contribution < 1.29 is 14.3 Å². The van der Waals surface area contributed by atoms with Crippen molar-refractivity contribution in [3.63, 3.8) is 0 Å². The second-order valence-electron chi connectivity index (χ2n) is 4.65. The van der Waals surface area contributed by atoms with Crippen molar-refractivity contribution in [2.24, 2.45) is 5.73 Å². The molecule has 1 heterocycles. The standard InChI is InChI=1S/C12H15BrN2O3/c1-12(2,14)11(16)15-8-6-10-9(5-7(8)13)17-3-4-18-10/h5-6H,3-4,14H2,1-2H3,(H,15,16). The average Bonchev–Trinajstić information content (AvgIpc) is 2.28. The Morgan fingerprint density at radius 3 is 2.44 bits per heavy atom. The number of hydrogen-bond acceptors (Lipinski definition) is 4. The fourth-order valence-corrected chi connectivity index (χ4v) is 1.86. The molecule has 0 fully saturated rings. The van der Waals surface area contributed by atoms with Gasteiger partial charge < -0.3 is 20.5 Å². The Morgan fingerprint density at radius 1 is 1.33 bits per heavy atom. The fourth-order valence-electron chi connectivity index (χ4n) is 1.44. The summed E-state index contributed by atoms with van der Waals surface area (Å²) in [5.41, 5.74) is 5.41. The van der Waals surface area contributed by atoms with Crippen LogP contribution in [0.3, 0.4) is 0 Å². The van der Waals surface area contributed by atoms with Crippen molar-refractivity contribution in [3.05, 3.63) is 16.6 Å². The molecule has 3 N–H and O–H groups in total. The van der Waals surface area contributed by atoms with E-state index in [4.69, 9.17) is 15.2 Å². The Balaban J connectivity index is 2.26. The smallest absolute Gasteiger partial charge is 0.243 e. The van der Waals surface area contributed by atoms with Gasteiger partial charge in [-0.15, -0.1) is 0 Å². The molecule has 18 heavy (non-hydrogen) atoms. The van der Waals surface area contributed by atoms with Gasteiger partial charge in [0, 0.05) is 16.6 Å². The van der Waals surface area contributed by atoms with Crippen LogP contribution in [0.15, 0.2) is 16.6 Å². The molecule has 0 saturated heterocycles. The molecule has 0 bridgehead atoms. The Kier molecular flexibility index (Phi) is 3.49. The van der Waals surface area contributed by atoms with Crippen LogP contribution in [0.2, 0.25) is 0 Å². The number of nitrogens with one attached hydrogen (secondary N) is 1. The van der Waals surface area contributed by atoms with Crippen LogP contribution in [-0.4, -0.2) is 24.7 Å². The maximum Gasteiger partial charge on any atom is 0.243 e. The summed E-state index contributed by atoms with van der Waals surface area (Å²) in [6, 6.07) is 3.50. The molecule has 5 nitrogen and oxygen atoms in total. The minimum absolute atomic E-state index is 0.264. The van der Waals surface area contributed by atoms with Gasteiger partial charge in [-0.05, 0) is 29.8 Å². The predicted molar refractivity (Wildman–Crippen MR) is 72.0 cm³/mol. The normalized spacial score (nSPS) is 14.2. The molecule has 0 aliphatic carbocycles. The molecule has 0 radical (unpaired) electrons. The molecular weight excluding hydrogens is 300 g/mol.